The fourth-order valence-electron chi connectivity index (χ4n) is 2.56. The van der Waals surface area contributed by atoms with Crippen LogP contribution in [0.5, 0.6) is 0 Å². The van der Waals surface area contributed by atoms with Crippen LogP contribution in [-0.2, 0) is 6.42 Å². The molecule has 0 fully saturated rings. The van der Waals surface area contributed by atoms with Crippen molar-refractivity contribution < 1.29 is 0 Å². The fraction of sp³-hybridized carbons (Fsp3) is 0.211. The largest absolute Gasteiger partial charge is 0.348 e. The molecule has 3 N–H and O–H groups in total. The highest BCUT2D eigenvalue weighted by Crippen LogP contribution is 2.07. The topological polar surface area (TPSA) is 94.4 Å². The minimum absolute atomic E-state index is 0.195. The highest BCUT2D eigenvalue weighted by molar-refractivity contribution is 5.48. The molecule has 0 unspecified atom stereocenters. The van der Waals surface area contributed by atoms with E-state index in [0.717, 1.165) is 30.5 Å². The Morgan fingerprint density at radius 1 is 1.00 bits per heavy atom. The van der Waals surface area contributed by atoms with Gasteiger partial charge >= 0.3 is 0 Å². The minimum atomic E-state index is -0.355. The number of rotatable bonds is 5. The predicted octanol–water partition coefficient (Wildman–Crippen LogP) is 0.786. The van der Waals surface area contributed by atoms with Gasteiger partial charge in [-0.15, -0.1) is 0 Å². The molecule has 2 heterocycles. The molecule has 2 aromatic heterocycles. The SMILES string of the molecule is CCCCc1[nH]cnc1/C=c1/[nH]c(=O)/c(=C\c2ccccc2)[nH]c1=O. The molecule has 0 atom stereocenters. The van der Waals surface area contributed by atoms with E-state index in [1.165, 1.54) is 0 Å². The molecule has 3 rings (SSSR count). The number of hydrogen-bond donors (Lipinski definition) is 3. The van der Waals surface area contributed by atoms with E-state index in [0.29, 0.717) is 5.69 Å². The summed E-state index contributed by atoms with van der Waals surface area (Å²) in [4.78, 5) is 37.2. The van der Waals surface area contributed by atoms with Crippen molar-refractivity contribution in [2.75, 3.05) is 0 Å². The van der Waals surface area contributed by atoms with E-state index >= 15 is 0 Å². The molecule has 3 aromatic rings. The molecule has 0 spiro atoms. The second-order valence-corrected chi connectivity index (χ2v) is 5.80. The molecule has 0 aliphatic carbocycles. The van der Waals surface area contributed by atoms with E-state index in [-0.39, 0.29) is 21.8 Å². The first kappa shape index (κ1) is 16.7. The van der Waals surface area contributed by atoms with Crippen LogP contribution in [0, 0.1) is 0 Å². The van der Waals surface area contributed by atoms with Crippen molar-refractivity contribution in [1.82, 2.24) is 19.9 Å². The van der Waals surface area contributed by atoms with Gasteiger partial charge in [-0.3, -0.25) is 9.59 Å². The van der Waals surface area contributed by atoms with Crippen LogP contribution in [0.25, 0.3) is 12.2 Å². The molecule has 0 saturated heterocycles. The Morgan fingerprint density at radius 3 is 2.36 bits per heavy atom. The number of H-pyrrole nitrogens is 3. The van der Waals surface area contributed by atoms with E-state index in [1.54, 1.807) is 18.5 Å². The summed E-state index contributed by atoms with van der Waals surface area (Å²) >= 11 is 0. The Morgan fingerprint density at radius 2 is 1.68 bits per heavy atom. The van der Waals surface area contributed by atoms with Crippen LogP contribution in [-0.4, -0.2) is 19.9 Å². The first-order valence-corrected chi connectivity index (χ1v) is 8.30. The Bertz CT molecular complexity index is 1070. The van der Waals surface area contributed by atoms with Gasteiger partial charge in [-0.25, -0.2) is 4.98 Å². The molecule has 6 heteroatoms. The quantitative estimate of drug-likeness (QED) is 0.643. The average molecular weight is 336 g/mol. The van der Waals surface area contributed by atoms with Crippen molar-refractivity contribution in [3.63, 3.8) is 0 Å². The summed E-state index contributed by atoms with van der Waals surface area (Å²) in [5, 5.41) is 0.418. The normalized spacial score (nSPS) is 12.7. The number of imidazole rings is 1. The summed E-state index contributed by atoms with van der Waals surface area (Å²) in [5.41, 5.74) is 1.78. The Hall–Kier alpha value is -3.15. The van der Waals surface area contributed by atoms with E-state index in [4.69, 9.17) is 0 Å². The van der Waals surface area contributed by atoms with Gasteiger partial charge in [-0.05, 0) is 30.6 Å². The van der Waals surface area contributed by atoms with Gasteiger partial charge in [0.1, 0.15) is 10.7 Å². The number of aryl methyl sites for hydroxylation is 1. The number of hydrogen-bond acceptors (Lipinski definition) is 3. The monoisotopic (exact) mass is 336 g/mol. The third-order valence-corrected chi connectivity index (χ3v) is 3.91. The van der Waals surface area contributed by atoms with Crippen LogP contribution in [0.4, 0.5) is 0 Å². The molecule has 1 aromatic carbocycles. The van der Waals surface area contributed by atoms with Gasteiger partial charge in [0.25, 0.3) is 11.1 Å². The van der Waals surface area contributed by atoms with E-state index in [2.05, 4.69) is 26.9 Å². The molecular weight excluding hydrogens is 316 g/mol. The number of aromatic amines is 3. The van der Waals surface area contributed by atoms with Crippen molar-refractivity contribution in [2.24, 2.45) is 0 Å². The molecule has 6 nitrogen and oxygen atoms in total. The summed E-state index contributed by atoms with van der Waals surface area (Å²) in [6.07, 6.45) is 7.80. The minimum Gasteiger partial charge on any atom is -0.348 e. The highest BCUT2D eigenvalue weighted by Gasteiger charge is 2.04. The predicted molar refractivity (Wildman–Crippen MR) is 97.7 cm³/mol. The summed E-state index contributed by atoms with van der Waals surface area (Å²) in [6, 6.07) is 9.36. The number of aromatic nitrogens is 4. The van der Waals surface area contributed by atoms with Crippen LogP contribution >= 0.6 is 0 Å². The second-order valence-electron chi connectivity index (χ2n) is 5.80. The standard InChI is InChI=1S/C19H20N4O2/c1-2-3-9-14-15(21-12-20-14)11-17-19(25)22-16(18(24)23-17)10-13-7-5-4-6-8-13/h4-8,10-12H,2-3,9H2,1H3,(H,20,21)(H,22,25)(H,23,24)/b16-10+,17-11+. The lowest BCUT2D eigenvalue weighted by Gasteiger charge is -1.97. The summed E-state index contributed by atoms with van der Waals surface area (Å²) < 4.78 is 0. The zero-order chi connectivity index (χ0) is 17.6. The second kappa shape index (κ2) is 7.61. The average Bonchev–Trinajstić information content (AvgIpc) is 3.05. The maximum absolute atomic E-state index is 12.3. The lowest BCUT2D eigenvalue weighted by atomic mass is 10.1. The van der Waals surface area contributed by atoms with Crippen molar-refractivity contribution in [1.29, 1.82) is 0 Å². The molecule has 0 aliphatic heterocycles. The molecule has 25 heavy (non-hydrogen) atoms. The van der Waals surface area contributed by atoms with Crippen molar-refractivity contribution >= 4 is 12.2 Å². The van der Waals surface area contributed by atoms with Gasteiger partial charge in [0.05, 0.1) is 12.0 Å². The number of nitrogens with one attached hydrogen (secondary N) is 3. The highest BCUT2D eigenvalue weighted by atomic mass is 16.1. The van der Waals surface area contributed by atoms with Crippen LogP contribution < -0.4 is 21.8 Å². The Balaban J connectivity index is 2.04. The Labute approximate surface area is 144 Å². The number of benzene rings is 1. The van der Waals surface area contributed by atoms with E-state index < -0.39 is 0 Å². The lowest BCUT2D eigenvalue weighted by molar-refractivity contribution is 0.779. The van der Waals surface area contributed by atoms with Gasteiger partial charge in [-0.1, -0.05) is 43.7 Å². The molecule has 0 radical (unpaired) electrons. The molecule has 0 bridgehead atoms. The van der Waals surface area contributed by atoms with Crippen LogP contribution in [0.2, 0.25) is 0 Å². The van der Waals surface area contributed by atoms with Crippen molar-refractivity contribution in [3.05, 3.63) is 85.0 Å². The van der Waals surface area contributed by atoms with Gasteiger partial charge in [-0.2, -0.15) is 0 Å². The van der Waals surface area contributed by atoms with Crippen molar-refractivity contribution in [2.45, 2.75) is 26.2 Å². The first-order valence-electron chi connectivity index (χ1n) is 8.30. The number of nitrogens with zero attached hydrogens (tertiary/aromatic N) is 1. The van der Waals surface area contributed by atoms with Gasteiger partial charge in [0.2, 0.25) is 0 Å². The summed E-state index contributed by atoms with van der Waals surface area (Å²) in [6.45, 7) is 2.11. The van der Waals surface area contributed by atoms with Crippen LogP contribution in [0.15, 0.2) is 46.2 Å². The van der Waals surface area contributed by atoms with Crippen LogP contribution in [0.1, 0.15) is 36.7 Å². The fourth-order valence-corrected chi connectivity index (χ4v) is 2.56. The molecule has 0 saturated carbocycles. The van der Waals surface area contributed by atoms with Gasteiger partial charge < -0.3 is 15.0 Å². The molecular formula is C19H20N4O2. The first-order chi connectivity index (χ1) is 12.2. The molecule has 128 valence electrons. The van der Waals surface area contributed by atoms with Gasteiger partial charge in [0.15, 0.2) is 0 Å². The third-order valence-electron chi connectivity index (χ3n) is 3.91. The lowest BCUT2D eigenvalue weighted by Crippen LogP contribution is -2.46. The zero-order valence-electron chi connectivity index (χ0n) is 14.0. The zero-order valence-corrected chi connectivity index (χ0v) is 14.0. The van der Waals surface area contributed by atoms with Crippen molar-refractivity contribution in [3.8, 4) is 0 Å². The number of unbranched alkanes of at least 4 members (excludes halogenated alkanes) is 1. The molecule has 0 amide bonds. The smallest absolute Gasteiger partial charge is 0.272 e. The third kappa shape index (κ3) is 4.03. The maximum atomic E-state index is 12.3. The van der Waals surface area contributed by atoms with Crippen LogP contribution in [0.3, 0.4) is 0 Å². The Kier molecular flexibility index (Phi) is 5.09. The van der Waals surface area contributed by atoms with E-state index in [1.807, 2.05) is 30.3 Å². The van der Waals surface area contributed by atoms with Gasteiger partial charge in [0, 0.05) is 5.69 Å². The summed E-state index contributed by atoms with van der Waals surface area (Å²) in [5.74, 6) is 0. The summed E-state index contributed by atoms with van der Waals surface area (Å²) in [7, 11) is 0. The maximum Gasteiger partial charge on any atom is 0.272 e. The molecule has 0 aliphatic rings. The van der Waals surface area contributed by atoms with E-state index in [9.17, 15) is 9.59 Å².